The number of hydrogen-bond donors (Lipinski definition) is 1. The fraction of sp³-hybridized carbons (Fsp3) is 0.310. The number of hydrogen-bond acceptors (Lipinski definition) is 4. The van der Waals surface area contributed by atoms with E-state index in [0.29, 0.717) is 12.2 Å². The van der Waals surface area contributed by atoms with E-state index in [1.54, 1.807) is 4.90 Å². The lowest BCUT2D eigenvalue weighted by Gasteiger charge is -2.35. The van der Waals surface area contributed by atoms with Crippen molar-refractivity contribution in [1.29, 1.82) is 0 Å². The minimum atomic E-state index is -0.247. The molecular formula is C29H31ClN4O2. The van der Waals surface area contributed by atoms with Gasteiger partial charge in [-0.05, 0) is 53.9 Å². The molecule has 2 aliphatic heterocycles. The molecule has 5 rings (SSSR count). The van der Waals surface area contributed by atoms with Gasteiger partial charge >= 0.3 is 0 Å². The molecule has 0 aromatic heterocycles. The van der Waals surface area contributed by atoms with Crippen molar-refractivity contribution in [2.75, 3.05) is 49.5 Å². The normalized spacial score (nSPS) is 17.0. The van der Waals surface area contributed by atoms with E-state index in [0.717, 1.165) is 56.4 Å². The molecule has 0 aliphatic carbocycles. The van der Waals surface area contributed by atoms with Crippen LogP contribution in [0, 0.1) is 0 Å². The molecule has 0 unspecified atom stereocenters. The van der Waals surface area contributed by atoms with Gasteiger partial charge in [-0.1, -0.05) is 60.1 Å². The first-order valence-corrected chi connectivity index (χ1v) is 12.9. The first kappa shape index (κ1) is 24.5. The third kappa shape index (κ3) is 5.78. The monoisotopic (exact) mass is 502 g/mol. The second-order valence-corrected chi connectivity index (χ2v) is 9.86. The van der Waals surface area contributed by atoms with Crippen molar-refractivity contribution in [2.24, 2.45) is 0 Å². The molecular weight excluding hydrogens is 472 g/mol. The van der Waals surface area contributed by atoms with Gasteiger partial charge in [-0.15, -0.1) is 0 Å². The topological polar surface area (TPSA) is 55.9 Å². The van der Waals surface area contributed by atoms with Crippen LogP contribution in [0.5, 0.6) is 0 Å². The molecule has 2 amide bonds. The zero-order valence-corrected chi connectivity index (χ0v) is 21.1. The number of para-hydroxylation sites is 2. The van der Waals surface area contributed by atoms with Gasteiger partial charge in [0.25, 0.3) is 0 Å². The van der Waals surface area contributed by atoms with E-state index in [9.17, 15) is 9.59 Å². The number of carbonyl (C=O) groups excluding carboxylic acids is 2. The molecule has 0 atom stereocenters. The summed E-state index contributed by atoms with van der Waals surface area (Å²) in [6.07, 6.45) is 0.762. The van der Waals surface area contributed by atoms with Crippen molar-refractivity contribution < 1.29 is 9.59 Å². The maximum absolute atomic E-state index is 12.7. The lowest BCUT2D eigenvalue weighted by molar-refractivity contribution is -0.124. The first-order chi connectivity index (χ1) is 17.6. The average molecular weight is 503 g/mol. The standard InChI is InChI=1S/C29H31ClN4O2/c30-24-12-10-22(11-13-24)25-7-2-1-6-23(25)21-33-18-16-32(17-19-33)14-5-15-34-27-9-4-3-8-26(27)31-28(35)20-29(34)36/h1-4,6-13H,5,14-21H2,(H,31,35). The molecule has 7 heteroatoms. The smallest absolute Gasteiger partial charge is 0.236 e. The van der Waals surface area contributed by atoms with Gasteiger partial charge in [-0.2, -0.15) is 0 Å². The summed E-state index contributed by atoms with van der Waals surface area (Å²) in [4.78, 5) is 31.4. The van der Waals surface area contributed by atoms with Gasteiger partial charge in [-0.25, -0.2) is 0 Å². The van der Waals surface area contributed by atoms with Crippen LogP contribution in [0.3, 0.4) is 0 Å². The molecule has 3 aromatic carbocycles. The summed E-state index contributed by atoms with van der Waals surface area (Å²) in [7, 11) is 0. The number of piperazine rings is 1. The van der Waals surface area contributed by atoms with Crippen LogP contribution in [-0.4, -0.2) is 60.9 Å². The van der Waals surface area contributed by atoms with Crippen LogP contribution in [0.15, 0.2) is 72.8 Å². The summed E-state index contributed by atoms with van der Waals surface area (Å²) in [5.41, 5.74) is 5.27. The van der Waals surface area contributed by atoms with Gasteiger partial charge in [-0.3, -0.25) is 14.5 Å². The van der Waals surface area contributed by atoms with Gasteiger partial charge in [0.05, 0.1) is 11.4 Å². The summed E-state index contributed by atoms with van der Waals surface area (Å²) < 4.78 is 0. The molecule has 1 saturated heterocycles. The number of anilines is 2. The van der Waals surface area contributed by atoms with E-state index in [4.69, 9.17) is 11.6 Å². The maximum Gasteiger partial charge on any atom is 0.236 e. The number of fused-ring (bicyclic) bond motifs is 1. The Bertz CT molecular complexity index is 1220. The van der Waals surface area contributed by atoms with E-state index in [2.05, 4.69) is 51.5 Å². The molecule has 2 aliphatic rings. The van der Waals surface area contributed by atoms with Crippen molar-refractivity contribution in [3.05, 3.63) is 83.4 Å². The van der Waals surface area contributed by atoms with Crippen LogP contribution in [0.1, 0.15) is 18.4 Å². The summed E-state index contributed by atoms with van der Waals surface area (Å²) in [6, 6.07) is 24.2. The fourth-order valence-electron chi connectivity index (χ4n) is 5.05. The Balaban J connectivity index is 1.13. The van der Waals surface area contributed by atoms with Crippen molar-refractivity contribution in [3.8, 4) is 11.1 Å². The number of rotatable bonds is 7. The Morgan fingerprint density at radius 1 is 0.778 bits per heavy atom. The Hall–Kier alpha value is -3.19. The highest BCUT2D eigenvalue weighted by atomic mass is 35.5. The molecule has 186 valence electrons. The predicted octanol–water partition coefficient (Wildman–Crippen LogP) is 4.89. The van der Waals surface area contributed by atoms with Crippen molar-refractivity contribution in [1.82, 2.24) is 9.80 Å². The molecule has 2 heterocycles. The lowest BCUT2D eigenvalue weighted by atomic mass is 9.99. The fourth-order valence-corrected chi connectivity index (χ4v) is 5.18. The SMILES string of the molecule is O=C1CC(=O)N(CCCN2CCN(Cc3ccccc3-c3ccc(Cl)cc3)CC2)c2ccccc2N1. The summed E-state index contributed by atoms with van der Waals surface area (Å²) in [5.74, 6) is -0.384. The molecule has 0 spiro atoms. The largest absolute Gasteiger partial charge is 0.324 e. The zero-order valence-electron chi connectivity index (χ0n) is 20.3. The minimum absolute atomic E-state index is 0.106. The zero-order chi connectivity index (χ0) is 24.9. The highest BCUT2D eigenvalue weighted by molar-refractivity contribution is 6.30. The van der Waals surface area contributed by atoms with Crippen molar-refractivity contribution >= 4 is 34.8 Å². The molecule has 6 nitrogen and oxygen atoms in total. The van der Waals surface area contributed by atoms with E-state index in [-0.39, 0.29) is 18.2 Å². The summed E-state index contributed by atoms with van der Waals surface area (Å²) >= 11 is 6.08. The van der Waals surface area contributed by atoms with Crippen LogP contribution >= 0.6 is 11.6 Å². The summed E-state index contributed by atoms with van der Waals surface area (Å²) in [6.45, 7) is 6.51. The highest BCUT2D eigenvalue weighted by Crippen LogP contribution is 2.29. The molecule has 3 aromatic rings. The van der Waals surface area contributed by atoms with Crippen LogP contribution in [-0.2, 0) is 16.1 Å². The van der Waals surface area contributed by atoms with Gasteiger partial charge < -0.3 is 15.1 Å². The van der Waals surface area contributed by atoms with Crippen LogP contribution < -0.4 is 10.2 Å². The second kappa shape index (κ2) is 11.2. The van der Waals surface area contributed by atoms with Gasteiger partial charge in [0.2, 0.25) is 11.8 Å². The van der Waals surface area contributed by atoms with Gasteiger partial charge in [0, 0.05) is 44.3 Å². The number of benzene rings is 3. The third-order valence-corrected chi connectivity index (χ3v) is 7.22. The van der Waals surface area contributed by atoms with Gasteiger partial charge in [0.1, 0.15) is 6.42 Å². The lowest BCUT2D eigenvalue weighted by Crippen LogP contribution is -2.46. The number of nitrogens with one attached hydrogen (secondary N) is 1. The third-order valence-electron chi connectivity index (χ3n) is 6.97. The highest BCUT2D eigenvalue weighted by Gasteiger charge is 2.26. The number of carbonyl (C=O) groups is 2. The Labute approximate surface area is 217 Å². The van der Waals surface area contributed by atoms with Crippen LogP contribution in [0.25, 0.3) is 11.1 Å². The van der Waals surface area contributed by atoms with E-state index < -0.39 is 0 Å². The van der Waals surface area contributed by atoms with Crippen molar-refractivity contribution in [3.63, 3.8) is 0 Å². The van der Waals surface area contributed by atoms with Crippen LogP contribution in [0.4, 0.5) is 11.4 Å². The average Bonchev–Trinajstić information content (AvgIpc) is 3.01. The molecule has 0 bridgehead atoms. The second-order valence-electron chi connectivity index (χ2n) is 9.42. The Morgan fingerprint density at radius 2 is 1.47 bits per heavy atom. The molecule has 0 saturated carbocycles. The quantitative estimate of drug-likeness (QED) is 0.467. The number of halogens is 1. The first-order valence-electron chi connectivity index (χ1n) is 12.5. The van der Waals surface area contributed by atoms with E-state index >= 15 is 0 Å². The predicted molar refractivity (Wildman–Crippen MR) is 145 cm³/mol. The molecule has 1 N–H and O–H groups in total. The van der Waals surface area contributed by atoms with E-state index in [1.807, 2.05) is 36.4 Å². The molecule has 36 heavy (non-hydrogen) atoms. The number of amides is 2. The Morgan fingerprint density at radius 3 is 2.28 bits per heavy atom. The number of nitrogens with zero attached hydrogens (tertiary/aromatic N) is 3. The minimum Gasteiger partial charge on any atom is -0.324 e. The van der Waals surface area contributed by atoms with Gasteiger partial charge in [0.15, 0.2) is 0 Å². The molecule has 1 fully saturated rings. The summed E-state index contributed by atoms with van der Waals surface area (Å²) in [5, 5.41) is 3.59. The van der Waals surface area contributed by atoms with Crippen molar-refractivity contribution in [2.45, 2.75) is 19.4 Å². The maximum atomic E-state index is 12.7. The van der Waals surface area contributed by atoms with E-state index in [1.165, 1.54) is 16.7 Å². The Kier molecular flexibility index (Phi) is 7.66. The molecule has 0 radical (unpaired) electrons. The van der Waals surface area contributed by atoms with Crippen LogP contribution in [0.2, 0.25) is 5.02 Å².